The standard InChI is InChI=1S/C22H17ClN2OS/c1-13-10-11-16(17(23)12-13)21(26)24-18-8-5-6-15(14(18)2)22-25-19-7-3-4-9-20(19)27-22/h3-12H,1-2H3,(H,24,26). The molecule has 0 fully saturated rings. The molecule has 5 heteroatoms. The molecule has 4 rings (SSSR count). The summed E-state index contributed by atoms with van der Waals surface area (Å²) in [5.74, 6) is -0.218. The molecule has 0 aliphatic rings. The summed E-state index contributed by atoms with van der Waals surface area (Å²) >= 11 is 7.88. The zero-order chi connectivity index (χ0) is 19.0. The maximum atomic E-state index is 12.7. The average molecular weight is 393 g/mol. The van der Waals surface area contributed by atoms with Crippen LogP contribution in [0.3, 0.4) is 0 Å². The molecule has 0 aliphatic heterocycles. The Balaban J connectivity index is 1.68. The van der Waals surface area contributed by atoms with E-state index in [0.29, 0.717) is 10.6 Å². The first kappa shape index (κ1) is 17.7. The Morgan fingerprint density at radius 2 is 1.85 bits per heavy atom. The highest BCUT2D eigenvalue weighted by Crippen LogP contribution is 2.34. The number of hydrogen-bond donors (Lipinski definition) is 1. The highest BCUT2D eigenvalue weighted by atomic mass is 35.5. The van der Waals surface area contributed by atoms with Crippen molar-refractivity contribution in [3.63, 3.8) is 0 Å². The minimum Gasteiger partial charge on any atom is -0.322 e. The van der Waals surface area contributed by atoms with E-state index in [2.05, 4.69) is 11.4 Å². The summed E-state index contributed by atoms with van der Waals surface area (Å²) in [7, 11) is 0. The summed E-state index contributed by atoms with van der Waals surface area (Å²) in [5.41, 5.74) is 5.22. The van der Waals surface area contributed by atoms with Gasteiger partial charge < -0.3 is 5.32 Å². The molecular weight excluding hydrogens is 376 g/mol. The van der Waals surface area contributed by atoms with Gasteiger partial charge in [-0.15, -0.1) is 11.3 Å². The van der Waals surface area contributed by atoms with E-state index in [-0.39, 0.29) is 5.91 Å². The van der Waals surface area contributed by atoms with Crippen LogP contribution in [0.4, 0.5) is 5.69 Å². The van der Waals surface area contributed by atoms with E-state index in [1.165, 1.54) is 0 Å². The number of hydrogen-bond acceptors (Lipinski definition) is 3. The lowest BCUT2D eigenvalue weighted by molar-refractivity contribution is 0.102. The second-order valence-corrected chi connectivity index (χ2v) is 7.84. The van der Waals surface area contributed by atoms with Crippen LogP contribution in [-0.4, -0.2) is 10.9 Å². The minimum absolute atomic E-state index is 0.218. The summed E-state index contributed by atoms with van der Waals surface area (Å²) in [6.07, 6.45) is 0. The average Bonchev–Trinajstić information content (AvgIpc) is 3.07. The normalized spacial score (nSPS) is 10.9. The maximum Gasteiger partial charge on any atom is 0.257 e. The molecule has 1 N–H and O–H groups in total. The van der Waals surface area contributed by atoms with Crippen molar-refractivity contribution >= 4 is 44.7 Å². The fourth-order valence-electron chi connectivity index (χ4n) is 2.98. The summed E-state index contributed by atoms with van der Waals surface area (Å²) in [6.45, 7) is 3.94. The third-order valence-electron chi connectivity index (χ3n) is 4.48. The van der Waals surface area contributed by atoms with Crippen molar-refractivity contribution in [3.05, 3.63) is 82.4 Å². The fourth-order valence-corrected chi connectivity index (χ4v) is 4.35. The number of aryl methyl sites for hydroxylation is 1. The molecule has 3 nitrogen and oxygen atoms in total. The molecular formula is C22H17ClN2OS. The van der Waals surface area contributed by atoms with Gasteiger partial charge in [0.05, 0.1) is 20.8 Å². The van der Waals surface area contributed by atoms with E-state index in [9.17, 15) is 4.79 Å². The van der Waals surface area contributed by atoms with Crippen LogP contribution < -0.4 is 5.32 Å². The summed E-state index contributed by atoms with van der Waals surface area (Å²) < 4.78 is 1.15. The van der Waals surface area contributed by atoms with Crippen molar-refractivity contribution in [2.45, 2.75) is 13.8 Å². The van der Waals surface area contributed by atoms with Crippen molar-refractivity contribution in [1.82, 2.24) is 4.98 Å². The number of halogens is 1. The summed E-state index contributed by atoms with van der Waals surface area (Å²) in [4.78, 5) is 17.4. The SMILES string of the molecule is Cc1ccc(C(=O)Nc2cccc(-c3nc4ccccc4s3)c2C)c(Cl)c1. The molecule has 0 atom stereocenters. The van der Waals surface area contributed by atoms with Crippen LogP contribution in [0.15, 0.2) is 60.7 Å². The number of benzene rings is 3. The molecule has 0 aliphatic carbocycles. The van der Waals surface area contributed by atoms with Crippen LogP contribution in [0.5, 0.6) is 0 Å². The van der Waals surface area contributed by atoms with Crippen LogP contribution >= 0.6 is 22.9 Å². The van der Waals surface area contributed by atoms with Gasteiger partial charge in [-0.05, 0) is 55.3 Å². The van der Waals surface area contributed by atoms with Gasteiger partial charge in [-0.1, -0.05) is 41.9 Å². The van der Waals surface area contributed by atoms with Crippen molar-refractivity contribution < 1.29 is 4.79 Å². The lowest BCUT2D eigenvalue weighted by Gasteiger charge is -2.12. The van der Waals surface area contributed by atoms with Gasteiger partial charge in [0.2, 0.25) is 0 Å². The number of fused-ring (bicyclic) bond motifs is 1. The topological polar surface area (TPSA) is 42.0 Å². The Kier molecular flexibility index (Phi) is 4.68. The molecule has 0 saturated heterocycles. The lowest BCUT2D eigenvalue weighted by atomic mass is 10.1. The molecule has 27 heavy (non-hydrogen) atoms. The third-order valence-corrected chi connectivity index (χ3v) is 5.86. The predicted octanol–water partition coefficient (Wildman–Crippen LogP) is 6.49. The van der Waals surface area contributed by atoms with Gasteiger partial charge in [0.25, 0.3) is 5.91 Å². The number of nitrogens with zero attached hydrogens (tertiary/aromatic N) is 1. The maximum absolute atomic E-state index is 12.7. The van der Waals surface area contributed by atoms with Crippen molar-refractivity contribution in [2.24, 2.45) is 0 Å². The predicted molar refractivity (Wildman–Crippen MR) is 114 cm³/mol. The molecule has 134 valence electrons. The Morgan fingerprint density at radius 1 is 1.04 bits per heavy atom. The van der Waals surface area contributed by atoms with E-state index in [1.54, 1.807) is 23.5 Å². The molecule has 4 aromatic rings. The first-order valence-corrected chi connectivity index (χ1v) is 9.75. The summed E-state index contributed by atoms with van der Waals surface area (Å²) in [5, 5.41) is 4.38. The van der Waals surface area contributed by atoms with E-state index in [4.69, 9.17) is 16.6 Å². The molecule has 0 unspecified atom stereocenters. The van der Waals surface area contributed by atoms with E-state index >= 15 is 0 Å². The van der Waals surface area contributed by atoms with Gasteiger partial charge >= 0.3 is 0 Å². The van der Waals surface area contributed by atoms with Crippen molar-refractivity contribution in [3.8, 4) is 10.6 Å². The second-order valence-electron chi connectivity index (χ2n) is 6.40. The molecule has 0 spiro atoms. The number of carbonyl (C=O) groups is 1. The first-order valence-electron chi connectivity index (χ1n) is 8.56. The van der Waals surface area contributed by atoms with Crippen LogP contribution in [0.2, 0.25) is 5.02 Å². The Morgan fingerprint density at radius 3 is 2.63 bits per heavy atom. The van der Waals surface area contributed by atoms with Gasteiger partial charge in [0, 0.05) is 11.3 Å². The zero-order valence-electron chi connectivity index (χ0n) is 14.9. The molecule has 0 bridgehead atoms. The highest BCUT2D eigenvalue weighted by Gasteiger charge is 2.15. The number of nitrogens with one attached hydrogen (secondary N) is 1. The minimum atomic E-state index is -0.218. The van der Waals surface area contributed by atoms with Gasteiger partial charge in [0.15, 0.2) is 0 Å². The smallest absolute Gasteiger partial charge is 0.257 e. The number of rotatable bonds is 3. The molecule has 0 saturated carbocycles. The third kappa shape index (κ3) is 3.46. The number of thiazole rings is 1. The van der Waals surface area contributed by atoms with Crippen LogP contribution in [0, 0.1) is 13.8 Å². The second kappa shape index (κ2) is 7.14. The lowest BCUT2D eigenvalue weighted by Crippen LogP contribution is -2.13. The van der Waals surface area contributed by atoms with Crippen LogP contribution in [0.1, 0.15) is 21.5 Å². The number of amides is 1. The van der Waals surface area contributed by atoms with Gasteiger partial charge in [-0.25, -0.2) is 4.98 Å². The fraction of sp³-hybridized carbons (Fsp3) is 0.0909. The Bertz CT molecular complexity index is 1130. The Hall–Kier alpha value is -2.69. The van der Waals surface area contributed by atoms with Gasteiger partial charge in [0.1, 0.15) is 5.01 Å². The summed E-state index contributed by atoms with van der Waals surface area (Å²) in [6, 6.07) is 19.4. The van der Waals surface area contributed by atoms with Crippen LogP contribution in [-0.2, 0) is 0 Å². The number of anilines is 1. The Labute approximate surface area is 166 Å². The molecule has 1 heterocycles. The first-order chi connectivity index (χ1) is 13.0. The van der Waals surface area contributed by atoms with Crippen LogP contribution in [0.25, 0.3) is 20.8 Å². The monoisotopic (exact) mass is 392 g/mol. The quantitative estimate of drug-likeness (QED) is 0.433. The van der Waals surface area contributed by atoms with Gasteiger partial charge in [-0.2, -0.15) is 0 Å². The molecule has 3 aromatic carbocycles. The number of para-hydroxylation sites is 1. The van der Waals surface area contributed by atoms with E-state index in [0.717, 1.165) is 37.6 Å². The number of carbonyl (C=O) groups excluding carboxylic acids is 1. The molecule has 0 radical (unpaired) electrons. The number of aromatic nitrogens is 1. The van der Waals surface area contributed by atoms with E-state index in [1.807, 2.05) is 56.3 Å². The van der Waals surface area contributed by atoms with Crippen molar-refractivity contribution in [2.75, 3.05) is 5.32 Å². The van der Waals surface area contributed by atoms with Crippen molar-refractivity contribution in [1.29, 1.82) is 0 Å². The van der Waals surface area contributed by atoms with E-state index < -0.39 is 0 Å². The zero-order valence-corrected chi connectivity index (χ0v) is 16.5. The highest BCUT2D eigenvalue weighted by molar-refractivity contribution is 7.21. The largest absolute Gasteiger partial charge is 0.322 e. The molecule has 1 aromatic heterocycles. The van der Waals surface area contributed by atoms with Gasteiger partial charge in [-0.3, -0.25) is 4.79 Å². The molecule has 1 amide bonds.